The van der Waals surface area contributed by atoms with Crippen molar-refractivity contribution in [2.75, 3.05) is 0 Å². The molecule has 20 heavy (non-hydrogen) atoms. The fourth-order valence-corrected chi connectivity index (χ4v) is 1.75. The minimum absolute atomic E-state index is 0.0511. The summed E-state index contributed by atoms with van der Waals surface area (Å²) < 4.78 is 5.60. The Hall–Kier alpha value is -2.69. The van der Waals surface area contributed by atoms with E-state index >= 15 is 0 Å². The lowest BCUT2D eigenvalue weighted by molar-refractivity contribution is -0.384. The second kappa shape index (κ2) is 5.97. The van der Waals surface area contributed by atoms with Crippen molar-refractivity contribution >= 4 is 11.4 Å². The predicted molar refractivity (Wildman–Crippen MR) is 76.4 cm³/mol. The number of nitro benzene ring substituents is 1. The monoisotopic (exact) mass is 270 g/mol. The third kappa shape index (κ3) is 3.41. The van der Waals surface area contributed by atoms with Crippen molar-refractivity contribution in [3.8, 4) is 5.75 Å². The number of nitro groups is 1. The van der Waals surface area contributed by atoms with E-state index in [9.17, 15) is 10.1 Å². The Bertz CT molecular complexity index is 596. The van der Waals surface area contributed by atoms with Crippen LogP contribution < -0.4 is 4.74 Å². The molecule has 5 heteroatoms. The van der Waals surface area contributed by atoms with Crippen molar-refractivity contribution in [3.63, 3.8) is 0 Å². The van der Waals surface area contributed by atoms with Gasteiger partial charge in [-0.25, -0.2) is 0 Å². The molecule has 0 aromatic heterocycles. The summed E-state index contributed by atoms with van der Waals surface area (Å²) in [7, 11) is 0. The van der Waals surface area contributed by atoms with Crippen LogP contribution in [0.1, 0.15) is 18.1 Å². The summed E-state index contributed by atoms with van der Waals surface area (Å²) in [6, 6.07) is 13.6. The highest BCUT2D eigenvalue weighted by Gasteiger charge is 2.06. The molecule has 0 aliphatic carbocycles. The molecule has 0 radical (unpaired) electrons. The van der Waals surface area contributed by atoms with E-state index in [1.807, 2.05) is 12.1 Å². The molecule has 0 atom stereocenters. The van der Waals surface area contributed by atoms with Gasteiger partial charge in [-0.3, -0.25) is 10.1 Å². The van der Waals surface area contributed by atoms with Crippen molar-refractivity contribution < 1.29 is 9.66 Å². The molecule has 2 aromatic rings. The van der Waals surface area contributed by atoms with Crippen LogP contribution in [0.2, 0.25) is 0 Å². The molecule has 0 fully saturated rings. The average molecular weight is 270 g/mol. The summed E-state index contributed by atoms with van der Waals surface area (Å²) in [5.74, 6) is 0.639. The van der Waals surface area contributed by atoms with Gasteiger partial charge in [-0.2, -0.15) is 0 Å². The summed E-state index contributed by atoms with van der Waals surface area (Å²) in [6.45, 7) is 1.96. The van der Waals surface area contributed by atoms with Crippen LogP contribution in [0, 0.1) is 15.5 Å². The van der Waals surface area contributed by atoms with Gasteiger partial charge >= 0.3 is 0 Å². The van der Waals surface area contributed by atoms with E-state index in [0.29, 0.717) is 11.5 Å². The third-order valence-electron chi connectivity index (χ3n) is 2.79. The molecule has 102 valence electrons. The van der Waals surface area contributed by atoms with Gasteiger partial charge in [0.1, 0.15) is 12.4 Å². The second-order valence-electron chi connectivity index (χ2n) is 4.37. The van der Waals surface area contributed by atoms with E-state index in [1.54, 1.807) is 31.2 Å². The average Bonchev–Trinajstić information content (AvgIpc) is 2.45. The number of nitrogens with zero attached hydrogens (tertiary/aromatic N) is 1. The Morgan fingerprint density at radius 3 is 2.70 bits per heavy atom. The number of nitrogens with one attached hydrogen (secondary N) is 1. The standard InChI is InChI=1S/C15H14N2O3/c1-11(16)13-5-3-7-15(9-13)20-10-12-4-2-6-14(8-12)17(18)19/h2-9,16H,10H2,1H3. The lowest BCUT2D eigenvalue weighted by Crippen LogP contribution is -1.98. The summed E-state index contributed by atoms with van der Waals surface area (Å²) in [5.41, 5.74) is 2.04. The Morgan fingerprint density at radius 2 is 2.00 bits per heavy atom. The molecule has 1 N–H and O–H groups in total. The summed E-state index contributed by atoms with van der Waals surface area (Å²) in [4.78, 5) is 10.3. The topological polar surface area (TPSA) is 76.2 Å². The van der Waals surface area contributed by atoms with Crippen LogP contribution in [-0.4, -0.2) is 10.6 Å². The molecule has 0 amide bonds. The van der Waals surface area contributed by atoms with Gasteiger partial charge < -0.3 is 10.1 Å². The number of benzene rings is 2. The number of non-ortho nitro benzene ring substituents is 1. The number of hydrogen-bond donors (Lipinski definition) is 1. The smallest absolute Gasteiger partial charge is 0.269 e. The fourth-order valence-electron chi connectivity index (χ4n) is 1.75. The highest BCUT2D eigenvalue weighted by atomic mass is 16.6. The number of rotatable bonds is 5. The zero-order chi connectivity index (χ0) is 14.5. The van der Waals surface area contributed by atoms with E-state index < -0.39 is 4.92 Å². The first kappa shape index (κ1) is 13.7. The molecule has 0 saturated carbocycles. The van der Waals surface area contributed by atoms with E-state index in [0.717, 1.165) is 11.1 Å². The highest BCUT2D eigenvalue weighted by molar-refractivity contribution is 5.96. The van der Waals surface area contributed by atoms with E-state index in [1.165, 1.54) is 12.1 Å². The quantitative estimate of drug-likeness (QED) is 0.512. The van der Waals surface area contributed by atoms with Crippen LogP contribution >= 0.6 is 0 Å². The second-order valence-corrected chi connectivity index (χ2v) is 4.37. The first-order valence-electron chi connectivity index (χ1n) is 6.08. The zero-order valence-corrected chi connectivity index (χ0v) is 11.0. The Kier molecular flexibility index (Phi) is 4.10. The van der Waals surface area contributed by atoms with Gasteiger partial charge in [0, 0.05) is 17.8 Å². The molecule has 5 nitrogen and oxygen atoms in total. The maximum absolute atomic E-state index is 10.7. The van der Waals surface area contributed by atoms with Gasteiger partial charge in [-0.15, -0.1) is 0 Å². The lowest BCUT2D eigenvalue weighted by atomic mass is 10.1. The van der Waals surface area contributed by atoms with Gasteiger partial charge in [0.15, 0.2) is 0 Å². The maximum atomic E-state index is 10.7. The molecule has 0 aliphatic heterocycles. The summed E-state index contributed by atoms with van der Waals surface area (Å²) >= 11 is 0. The van der Waals surface area contributed by atoms with E-state index in [4.69, 9.17) is 10.1 Å². The van der Waals surface area contributed by atoms with Gasteiger partial charge in [0.05, 0.1) is 4.92 Å². The zero-order valence-electron chi connectivity index (χ0n) is 11.0. The Balaban J connectivity index is 2.08. The van der Waals surface area contributed by atoms with Crippen molar-refractivity contribution in [2.24, 2.45) is 0 Å². The normalized spacial score (nSPS) is 10.1. The summed E-state index contributed by atoms with van der Waals surface area (Å²) in [5, 5.41) is 18.3. The maximum Gasteiger partial charge on any atom is 0.269 e. The SMILES string of the molecule is CC(=N)c1cccc(OCc2cccc([N+](=O)[O-])c2)c1. The minimum Gasteiger partial charge on any atom is -0.489 e. The molecule has 0 aliphatic rings. The molecule has 0 saturated heterocycles. The summed E-state index contributed by atoms with van der Waals surface area (Å²) in [6.07, 6.45) is 0. The van der Waals surface area contributed by atoms with Crippen LogP contribution in [0.4, 0.5) is 5.69 Å². The first-order chi connectivity index (χ1) is 9.56. The molecule has 0 unspecified atom stereocenters. The fraction of sp³-hybridized carbons (Fsp3) is 0.133. The largest absolute Gasteiger partial charge is 0.489 e. The van der Waals surface area contributed by atoms with Gasteiger partial charge in [-0.1, -0.05) is 24.3 Å². The van der Waals surface area contributed by atoms with Crippen LogP contribution in [0.3, 0.4) is 0 Å². The predicted octanol–water partition coefficient (Wildman–Crippen LogP) is 3.56. The van der Waals surface area contributed by atoms with Gasteiger partial charge in [-0.05, 0) is 30.2 Å². The molecular formula is C15H14N2O3. The molecule has 2 rings (SSSR count). The minimum atomic E-state index is -0.428. The van der Waals surface area contributed by atoms with E-state index in [2.05, 4.69) is 0 Å². The molecule has 2 aromatic carbocycles. The molecule has 0 heterocycles. The number of ether oxygens (including phenoxy) is 1. The Morgan fingerprint density at radius 1 is 1.25 bits per heavy atom. The van der Waals surface area contributed by atoms with E-state index in [-0.39, 0.29) is 12.3 Å². The van der Waals surface area contributed by atoms with Crippen molar-refractivity contribution in [3.05, 3.63) is 69.8 Å². The Labute approximate surface area is 116 Å². The van der Waals surface area contributed by atoms with Crippen LogP contribution in [-0.2, 0) is 6.61 Å². The highest BCUT2D eigenvalue weighted by Crippen LogP contribution is 2.18. The van der Waals surface area contributed by atoms with Crippen molar-refractivity contribution in [2.45, 2.75) is 13.5 Å². The third-order valence-corrected chi connectivity index (χ3v) is 2.79. The van der Waals surface area contributed by atoms with Crippen LogP contribution in [0.15, 0.2) is 48.5 Å². The van der Waals surface area contributed by atoms with Gasteiger partial charge in [0.25, 0.3) is 5.69 Å². The van der Waals surface area contributed by atoms with Crippen LogP contribution in [0.5, 0.6) is 5.75 Å². The van der Waals surface area contributed by atoms with Crippen molar-refractivity contribution in [1.29, 1.82) is 5.41 Å². The molecule has 0 bridgehead atoms. The number of hydrogen-bond acceptors (Lipinski definition) is 4. The lowest BCUT2D eigenvalue weighted by Gasteiger charge is -2.07. The van der Waals surface area contributed by atoms with Gasteiger partial charge in [0.2, 0.25) is 0 Å². The van der Waals surface area contributed by atoms with Crippen LogP contribution in [0.25, 0.3) is 0 Å². The molecule has 0 spiro atoms. The first-order valence-corrected chi connectivity index (χ1v) is 6.08. The van der Waals surface area contributed by atoms with Crippen molar-refractivity contribution in [1.82, 2.24) is 0 Å². The molecular weight excluding hydrogens is 256 g/mol.